The molecule has 0 heterocycles. The van der Waals surface area contributed by atoms with Gasteiger partial charge in [0.05, 0.1) is 10.6 Å². The summed E-state index contributed by atoms with van der Waals surface area (Å²) < 4.78 is 28.1. The molecule has 0 aliphatic rings. The van der Waals surface area contributed by atoms with Crippen molar-refractivity contribution in [3.05, 3.63) is 52.0 Å². The molecule has 0 unspecified atom stereocenters. The van der Waals surface area contributed by atoms with Crippen LogP contribution in [0.25, 0.3) is 0 Å². The van der Waals surface area contributed by atoms with Gasteiger partial charge in [0.15, 0.2) is 0 Å². The maximum absolute atomic E-state index is 12.5. The van der Waals surface area contributed by atoms with Gasteiger partial charge in [-0.05, 0) is 58.7 Å². The summed E-state index contributed by atoms with van der Waals surface area (Å²) in [6.07, 6.45) is 5.31. The summed E-state index contributed by atoms with van der Waals surface area (Å²) in [7, 11) is -3.73. The van der Waals surface area contributed by atoms with Crippen LogP contribution in [-0.4, -0.2) is 8.42 Å². The van der Waals surface area contributed by atoms with Crippen LogP contribution in [0.3, 0.4) is 0 Å². The van der Waals surface area contributed by atoms with Gasteiger partial charge in [0.2, 0.25) is 0 Å². The number of anilines is 2. The zero-order chi connectivity index (χ0) is 15.6. The van der Waals surface area contributed by atoms with Gasteiger partial charge in [0.25, 0.3) is 10.0 Å². The summed E-state index contributed by atoms with van der Waals surface area (Å²) >= 11 is 3.27. The highest BCUT2D eigenvalue weighted by Crippen LogP contribution is 2.28. The molecule has 6 heteroatoms. The highest BCUT2D eigenvalue weighted by molar-refractivity contribution is 9.10. The van der Waals surface area contributed by atoms with Crippen LogP contribution in [0.1, 0.15) is 11.1 Å². The third-order valence-corrected chi connectivity index (χ3v) is 5.08. The average Bonchev–Trinajstić information content (AvgIpc) is 2.42. The fourth-order valence-electron chi connectivity index (χ4n) is 1.84. The Morgan fingerprint density at radius 1 is 1.29 bits per heavy atom. The monoisotopic (exact) mass is 364 g/mol. The van der Waals surface area contributed by atoms with Crippen molar-refractivity contribution in [2.24, 2.45) is 0 Å². The van der Waals surface area contributed by atoms with Gasteiger partial charge < -0.3 is 5.73 Å². The summed E-state index contributed by atoms with van der Waals surface area (Å²) in [4.78, 5) is 0.134. The van der Waals surface area contributed by atoms with Gasteiger partial charge in [0, 0.05) is 15.7 Å². The zero-order valence-electron chi connectivity index (χ0n) is 11.2. The van der Waals surface area contributed by atoms with Crippen molar-refractivity contribution in [3.63, 3.8) is 0 Å². The van der Waals surface area contributed by atoms with Gasteiger partial charge in [-0.1, -0.05) is 12.0 Å². The Morgan fingerprint density at radius 3 is 2.67 bits per heavy atom. The lowest BCUT2D eigenvalue weighted by Gasteiger charge is -2.12. The first-order chi connectivity index (χ1) is 9.83. The fourth-order valence-corrected chi connectivity index (χ4v) is 3.61. The minimum Gasteiger partial charge on any atom is -0.398 e. The van der Waals surface area contributed by atoms with E-state index in [1.807, 2.05) is 0 Å². The summed E-state index contributed by atoms with van der Waals surface area (Å²) in [6.45, 7) is 1.70. The molecule has 0 radical (unpaired) electrons. The molecular formula is C15H13BrN2O2S. The minimum absolute atomic E-state index is 0.134. The lowest BCUT2D eigenvalue weighted by Crippen LogP contribution is -2.14. The molecule has 0 amide bonds. The molecule has 0 aliphatic heterocycles. The van der Waals surface area contributed by atoms with Gasteiger partial charge >= 0.3 is 0 Å². The van der Waals surface area contributed by atoms with E-state index in [0.29, 0.717) is 27.0 Å². The number of rotatable bonds is 3. The molecule has 21 heavy (non-hydrogen) atoms. The number of sulfonamides is 1. The van der Waals surface area contributed by atoms with Crippen LogP contribution in [0.2, 0.25) is 0 Å². The van der Waals surface area contributed by atoms with Crippen molar-refractivity contribution in [1.29, 1.82) is 0 Å². The Kier molecular flexibility index (Phi) is 4.26. The largest absolute Gasteiger partial charge is 0.398 e. The van der Waals surface area contributed by atoms with E-state index < -0.39 is 10.0 Å². The molecule has 0 aliphatic carbocycles. The SMILES string of the molecule is C#Cc1cccc(NS(=O)(=O)c2cc(N)c(Br)cc2C)c1. The number of halogens is 1. The summed E-state index contributed by atoms with van der Waals surface area (Å²) in [5.74, 6) is 2.46. The molecule has 0 saturated heterocycles. The Hall–Kier alpha value is -1.97. The van der Waals surface area contributed by atoms with E-state index in [4.69, 9.17) is 12.2 Å². The number of benzene rings is 2. The standard InChI is InChI=1S/C15H13BrN2O2S/c1-3-11-5-4-6-12(8-11)18-21(19,20)15-9-14(17)13(16)7-10(15)2/h1,4-9,18H,17H2,2H3. The summed E-state index contributed by atoms with van der Waals surface area (Å²) in [6, 6.07) is 9.73. The van der Waals surface area contributed by atoms with Crippen molar-refractivity contribution in [2.45, 2.75) is 11.8 Å². The van der Waals surface area contributed by atoms with Crippen LogP contribution in [0, 0.1) is 19.3 Å². The lowest BCUT2D eigenvalue weighted by molar-refractivity contribution is 0.600. The number of nitrogens with one attached hydrogen (secondary N) is 1. The second-order valence-corrected chi connectivity index (χ2v) is 6.98. The highest BCUT2D eigenvalue weighted by atomic mass is 79.9. The number of aryl methyl sites for hydroxylation is 1. The molecule has 2 rings (SSSR count). The maximum atomic E-state index is 12.5. The Morgan fingerprint density at radius 2 is 2.00 bits per heavy atom. The molecule has 0 atom stereocenters. The topological polar surface area (TPSA) is 72.2 Å². The highest BCUT2D eigenvalue weighted by Gasteiger charge is 2.18. The summed E-state index contributed by atoms with van der Waals surface area (Å²) in [5.41, 5.74) is 7.72. The van der Waals surface area contributed by atoms with Crippen LogP contribution in [0.15, 0.2) is 45.8 Å². The van der Waals surface area contributed by atoms with E-state index in [1.54, 1.807) is 37.3 Å². The number of terminal acetylenes is 1. The second-order valence-electron chi connectivity index (χ2n) is 4.47. The molecule has 2 aromatic rings. The number of nitrogen functional groups attached to an aromatic ring is 1. The van der Waals surface area contributed by atoms with E-state index in [9.17, 15) is 8.42 Å². The number of hydrogen-bond acceptors (Lipinski definition) is 3. The van der Waals surface area contributed by atoms with Crippen LogP contribution in [-0.2, 0) is 10.0 Å². The van der Waals surface area contributed by atoms with Crippen molar-refractivity contribution < 1.29 is 8.42 Å². The lowest BCUT2D eigenvalue weighted by atomic mass is 10.2. The van der Waals surface area contributed by atoms with Crippen LogP contribution >= 0.6 is 15.9 Å². The molecule has 2 aromatic carbocycles. The quantitative estimate of drug-likeness (QED) is 0.649. The van der Waals surface area contributed by atoms with E-state index >= 15 is 0 Å². The average molecular weight is 365 g/mol. The van der Waals surface area contributed by atoms with Gasteiger partial charge in [-0.25, -0.2) is 8.42 Å². The third-order valence-electron chi connectivity index (χ3n) is 2.87. The molecule has 4 nitrogen and oxygen atoms in total. The molecule has 0 bridgehead atoms. The minimum atomic E-state index is -3.73. The van der Waals surface area contributed by atoms with Gasteiger partial charge in [0.1, 0.15) is 0 Å². The van der Waals surface area contributed by atoms with Crippen LogP contribution in [0.4, 0.5) is 11.4 Å². The zero-order valence-corrected chi connectivity index (χ0v) is 13.6. The molecule has 3 N–H and O–H groups in total. The van der Waals surface area contributed by atoms with Crippen molar-refractivity contribution in [3.8, 4) is 12.3 Å². The predicted molar refractivity (Wildman–Crippen MR) is 88.5 cm³/mol. The predicted octanol–water partition coefficient (Wildman–Crippen LogP) is 3.12. The van der Waals surface area contributed by atoms with E-state index in [1.165, 1.54) is 6.07 Å². The Bertz CT molecular complexity index is 839. The Balaban J connectivity index is 2.43. The van der Waals surface area contributed by atoms with Gasteiger partial charge in [-0.3, -0.25) is 4.72 Å². The van der Waals surface area contributed by atoms with E-state index in [0.717, 1.165) is 0 Å². The van der Waals surface area contributed by atoms with Crippen LogP contribution in [0.5, 0.6) is 0 Å². The van der Waals surface area contributed by atoms with Gasteiger partial charge in [-0.15, -0.1) is 6.42 Å². The van der Waals surface area contributed by atoms with Crippen molar-refractivity contribution >= 4 is 37.3 Å². The van der Waals surface area contributed by atoms with Gasteiger partial charge in [-0.2, -0.15) is 0 Å². The third kappa shape index (κ3) is 3.38. The van der Waals surface area contributed by atoms with Crippen LogP contribution < -0.4 is 10.5 Å². The molecule has 0 aromatic heterocycles. The van der Waals surface area contributed by atoms with E-state index in [-0.39, 0.29) is 4.90 Å². The maximum Gasteiger partial charge on any atom is 0.262 e. The number of nitrogens with two attached hydrogens (primary N) is 1. The first-order valence-electron chi connectivity index (χ1n) is 5.98. The number of hydrogen-bond donors (Lipinski definition) is 2. The second kappa shape index (κ2) is 5.80. The molecular weight excluding hydrogens is 352 g/mol. The fraction of sp³-hybridized carbons (Fsp3) is 0.0667. The first kappa shape index (κ1) is 15.4. The smallest absolute Gasteiger partial charge is 0.262 e. The van der Waals surface area contributed by atoms with Crippen molar-refractivity contribution in [2.75, 3.05) is 10.5 Å². The normalized spacial score (nSPS) is 10.9. The molecule has 0 fully saturated rings. The Labute approximate surface area is 132 Å². The van der Waals surface area contributed by atoms with Crippen molar-refractivity contribution in [1.82, 2.24) is 0 Å². The van der Waals surface area contributed by atoms with E-state index in [2.05, 4.69) is 26.6 Å². The summed E-state index contributed by atoms with van der Waals surface area (Å²) in [5, 5.41) is 0. The molecule has 108 valence electrons. The molecule has 0 spiro atoms. The first-order valence-corrected chi connectivity index (χ1v) is 8.26. The molecule has 0 saturated carbocycles.